The van der Waals surface area contributed by atoms with E-state index in [0.717, 1.165) is 12.1 Å². The standard InChI is InChI=1S/C17H12BrF3N2O2S/c1-25-16(24)9-26-15-5-3-11(7-22-15)23-8-13(18)12-4-2-10(6-14(12)23)17(19,20)21/h2-8H,9H2,1H3. The van der Waals surface area contributed by atoms with E-state index in [1.54, 1.807) is 29.1 Å². The van der Waals surface area contributed by atoms with Gasteiger partial charge in [0, 0.05) is 16.1 Å². The van der Waals surface area contributed by atoms with E-state index < -0.39 is 11.7 Å². The summed E-state index contributed by atoms with van der Waals surface area (Å²) in [6, 6.07) is 7.05. The summed E-state index contributed by atoms with van der Waals surface area (Å²) in [7, 11) is 1.31. The molecule has 26 heavy (non-hydrogen) atoms. The van der Waals surface area contributed by atoms with Gasteiger partial charge in [0.05, 0.1) is 40.9 Å². The second kappa shape index (κ2) is 7.32. The Morgan fingerprint density at radius 3 is 2.69 bits per heavy atom. The van der Waals surface area contributed by atoms with Crippen molar-refractivity contribution in [3.05, 3.63) is 52.8 Å². The van der Waals surface area contributed by atoms with Gasteiger partial charge in [0.15, 0.2) is 0 Å². The number of alkyl halides is 3. The van der Waals surface area contributed by atoms with Crippen LogP contribution >= 0.6 is 27.7 Å². The topological polar surface area (TPSA) is 44.1 Å². The lowest BCUT2D eigenvalue weighted by atomic mass is 10.1. The quantitative estimate of drug-likeness (QED) is 0.416. The fourth-order valence-electron chi connectivity index (χ4n) is 2.37. The predicted molar refractivity (Wildman–Crippen MR) is 96.5 cm³/mol. The second-order valence-corrected chi connectivity index (χ2v) is 7.15. The Morgan fingerprint density at radius 2 is 2.08 bits per heavy atom. The van der Waals surface area contributed by atoms with Crippen molar-refractivity contribution in [3.8, 4) is 5.69 Å². The van der Waals surface area contributed by atoms with Gasteiger partial charge >= 0.3 is 12.1 Å². The number of hydrogen-bond acceptors (Lipinski definition) is 4. The monoisotopic (exact) mass is 444 g/mol. The number of thioether (sulfide) groups is 1. The number of rotatable bonds is 4. The van der Waals surface area contributed by atoms with Crippen molar-refractivity contribution in [1.82, 2.24) is 9.55 Å². The molecule has 0 aliphatic heterocycles. The second-order valence-electron chi connectivity index (χ2n) is 5.30. The van der Waals surface area contributed by atoms with Gasteiger partial charge in [-0.05, 0) is 40.2 Å². The third kappa shape index (κ3) is 3.88. The highest BCUT2D eigenvalue weighted by Gasteiger charge is 2.31. The van der Waals surface area contributed by atoms with E-state index in [0.29, 0.717) is 26.1 Å². The number of esters is 1. The van der Waals surface area contributed by atoms with Crippen LogP contribution in [0.3, 0.4) is 0 Å². The average Bonchev–Trinajstić information content (AvgIpc) is 2.95. The molecule has 4 nitrogen and oxygen atoms in total. The first kappa shape index (κ1) is 18.8. The number of benzene rings is 1. The van der Waals surface area contributed by atoms with Crippen molar-refractivity contribution in [2.75, 3.05) is 12.9 Å². The maximum Gasteiger partial charge on any atom is 0.416 e. The largest absolute Gasteiger partial charge is 0.468 e. The molecular weight excluding hydrogens is 433 g/mol. The zero-order valence-electron chi connectivity index (χ0n) is 13.4. The maximum absolute atomic E-state index is 13.0. The molecule has 0 aliphatic carbocycles. The van der Waals surface area contributed by atoms with Crippen LogP contribution in [0.5, 0.6) is 0 Å². The van der Waals surface area contributed by atoms with E-state index in [9.17, 15) is 18.0 Å². The van der Waals surface area contributed by atoms with Crippen LogP contribution in [0.15, 0.2) is 52.2 Å². The van der Waals surface area contributed by atoms with Crippen LogP contribution in [-0.2, 0) is 15.7 Å². The summed E-state index contributed by atoms with van der Waals surface area (Å²) in [6.45, 7) is 0. The van der Waals surface area contributed by atoms with Gasteiger partial charge in [0.25, 0.3) is 0 Å². The third-order valence-electron chi connectivity index (χ3n) is 3.65. The van der Waals surface area contributed by atoms with E-state index in [-0.39, 0.29) is 11.7 Å². The van der Waals surface area contributed by atoms with E-state index >= 15 is 0 Å². The van der Waals surface area contributed by atoms with E-state index in [2.05, 4.69) is 25.7 Å². The summed E-state index contributed by atoms with van der Waals surface area (Å²) in [4.78, 5) is 15.4. The predicted octanol–water partition coefficient (Wildman–Crippen LogP) is 5.07. The SMILES string of the molecule is COC(=O)CSc1ccc(-n2cc(Br)c3ccc(C(F)(F)F)cc32)cn1. The third-order valence-corrected chi connectivity index (χ3v) is 5.20. The molecule has 0 aliphatic rings. The molecule has 2 aromatic heterocycles. The number of hydrogen-bond donors (Lipinski definition) is 0. The summed E-state index contributed by atoms with van der Waals surface area (Å²) in [5, 5.41) is 1.29. The van der Waals surface area contributed by atoms with Crippen LogP contribution in [-0.4, -0.2) is 28.4 Å². The smallest absolute Gasteiger partial charge is 0.416 e. The normalized spacial score (nSPS) is 11.7. The Kier molecular flexibility index (Phi) is 5.29. The molecule has 136 valence electrons. The number of halogens is 4. The van der Waals surface area contributed by atoms with E-state index in [4.69, 9.17) is 0 Å². The summed E-state index contributed by atoms with van der Waals surface area (Å²) < 4.78 is 45.9. The summed E-state index contributed by atoms with van der Waals surface area (Å²) in [6.07, 6.45) is -1.17. The van der Waals surface area contributed by atoms with Gasteiger partial charge in [-0.1, -0.05) is 17.8 Å². The van der Waals surface area contributed by atoms with Gasteiger partial charge in [-0.3, -0.25) is 4.79 Å². The molecule has 0 radical (unpaired) electrons. The van der Waals surface area contributed by atoms with Crippen molar-refractivity contribution in [2.24, 2.45) is 0 Å². The molecule has 0 saturated heterocycles. The number of fused-ring (bicyclic) bond motifs is 1. The zero-order chi connectivity index (χ0) is 18.9. The molecule has 2 heterocycles. The zero-order valence-corrected chi connectivity index (χ0v) is 15.8. The molecular formula is C17H12BrF3N2O2S. The van der Waals surface area contributed by atoms with Crippen molar-refractivity contribution in [1.29, 1.82) is 0 Å². The molecule has 0 fully saturated rings. The van der Waals surface area contributed by atoms with Gasteiger partial charge in [0.1, 0.15) is 0 Å². The fourth-order valence-corrected chi connectivity index (χ4v) is 3.58. The molecule has 0 atom stereocenters. The molecule has 3 rings (SSSR count). The number of pyridine rings is 1. The highest BCUT2D eigenvalue weighted by Crippen LogP contribution is 2.35. The highest BCUT2D eigenvalue weighted by atomic mass is 79.9. The Hall–Kier alpha value is -2.00. The highest BCUT2D eigenvalue weighted by molar-refractivity contribution is 9.10. The van der Waals surface area contributed by atoms with Gasteiger partial charge in [-0.15, -0.1) is 0 Å². The van der Waals surface area contributed by atoms with Crippen LogP contribution in [0.2, 0.25) is 0 Å². The van der Waals surface area contributed by atoms with Crippen LogP contribution in [0.4, 0.5) is 13.2 Å². The molecule has 1 aromatic carbocycles. The van der Waals surface area contributed by atoms with Crippen molar-refractivity contribution in [3.63, 3.8) is 0 Å². The summed E-state index contributed by atoms with van der Waals surface area (Å²) in [5.74, 6) is -0.226. The minimum Gasteiger partial charge on any atom is -0.468 e. The van der Waals surface area contributed by atoms with Gasteiger partial charge in [-0.25, -0.2) is 4.98 Å². The summed E-state index contributed by atoms with van der Waals surface area (Å²) >= 11 is 4.59. The van der Waals surface area contributed by atoms with Crippen molar-refractivity contribution in [2.45, 2.75) is 11.2 Å². The molecule has 3 aromatic rings. The van der Waals surface area contributed by atoms with Gasteiger partial charge in [-0.2, -0.15) is 13.2 Å². The Labute approximate surface area is 159 Å². The van der Waals surface area contributed by atoms with Crippen LogP contribution < -0.4 is 0 Å². The number of methoxy groups -OCH3 is 1. The van der Waals surface area contributed by atoms with Crippen molar-refractivity contribution >= 4 is 44.6 Å². The Balaban J connectivity index is 1.95. The first-order chi connectivity index (χ1) is 12.3. The van der Waals surface area contributed by atoms with Crippen LogP contribution in [0, 0.1) is 0 Å². The molecule has 0 amide bonds. The fraction of sp³-hybridized carbons (Fsp3) is 0.176. The number of carbonyl (C=O) groups is 1. The molecule has 0 unspecified atom stereocenters. The number of nitrogens with zero attached hydrogens (tertiary/aromatic N) is 2. The molecule has 0 N–H and O–H groups in total. The average molecular weight is 445 g/mol. The molecule has 0 spiro atoms. The minimum absolute atomic E-state index is 0.135. The lowest BCUT2D eigenvalue weighted by Crippen LogP contribution is -2.05. The van der Waals surface area contributed by atoms with E-state index in [1.807, 2.05) is 0 Å². The van der Waals surface area contributed by atoms with Crippen molar-refractivity contribution < 1.29 is 22.7 Å². The van der Waals surface area contributed by atoms with Gasteiger partial charge in [0.2, 0.25) is 0 Å². The number of carbonyl (C=O) groups excluding carboxylic acids is 1. The van der Waals surface area contributed by atoms with Gasteiger partial charge < -0.3 is 9.30 Å². The lowest BCUT2D eigenvalue weighted by molar-refractivity contribution is -0.138. The van der Waals surface area contributed by atoms with Crippen LogP contribution in [0.1, 0.15) is 5.56 Å². The lowest BCUT2D eigenvalue weighted by Gasteiger charge is -2.09. The first-order valence-corrected chi connectivity index (χ1v) is 9.11. The number of ether oxygens (including phenoxy) is 1. The Morgan fingerprint density at radius 1 is 1.31 bits per heavy atom. The van der Waals surface area contributed by atoms with Crippen LogP contribution in [0.25, 0.3) is 16.6 Å². The number of aromatic nitrogens is 2. The summed E-state index contributed by atoms with van der Waals surface area (Å²) in [5.41, 5.74) is 0.320. The molecule has 0 bridgehead atoms. The minimum atomic E-state index is -4.41. The molecule has 9 heteroatoms. The maximum atomic E-state index is 13.0. The first-order valence-electron chi connectivity index (χ1n) is 7.33. The molecule has 0 saturated carbocycles. The Bertz CT molecular complexity index is 955. The van der Waals surface area contributed by atoms with E-state index in [1.165, 1.54) is 24.9 Å².